The van der Waals surface area contributed by atoms with Gasteiger partial charge in [0.15, 0.2) is 5.75 Å². The summed E-state index contributed by atoms with van der Waals surface area (Å²) in [5.74, 6) is 0.224. The van der Waals surface area contributed by atoms with Crippen LogP contribution in [-0.4, -0.2) is 13.0 Å². The van der Waals surface area contributed by atoms with Crippen LogP contribution in [0.1, 0.15) is 15.9 Å². The molecule has 4 nitrogen and oxygen atoms in total. The molecule has 0 saturated carbocycles. The van der Waals surface area contributed by atoms with E-state index in [1.807, 2.05) is 6.92 Å². The summed E-state index contributed by atoms with van der Waals surface area (Å²) >= 11 is 9.34. The van der Waals surface area contributed by atoms with Gasteiger partial charge in [0.2, 0.25) is 0 Å². The number of nitrogen functional groups attached to an aromatic ring is 1. The molecule has 0 aliphatic rings. The minimum atomic E-state index is -0.283. The number of methoxy groups -OCH3 is 1. The summed E-state index contributed by atoms with van der Waals surface area (Å²) in [6.45, 7) is 1.88. The van der Waals surface area contributed by atoms with E-state index >= 15 is 0 Å². The maximum atomic E-state index is 12.3. The minimum Gasteiger partial charge on any atom is -0.493 e. The zero-order valence-electron chi connectivity index (χ0n) is 11.5. The molecule has 21 heavy (non-hydrogen) atoms. The smallest absolute Gasteiger partial charge is 0.255 e. The first-order valence-corrected chi connectivity index (χ1v) is 7.30. The largest absolute Gasteiger partial charge is 0.493 e. The maximum absolute atomic E-state index is 12.3. The van der Waals surface area contributed by atoms with Gasteiger partial charge in [-0.2, -0.15) is 0 Å². The predicted octanol–water partition coefficient (Wildman–Crippen LogP) is 4.25. The highest BCUT2D eigenvalue weighted by Crippen LogP contribution is 2.36. The Morgan fingerprint density at radius 3 is 2.67 bits per heavy atom. The Bertz CT molecular complexity index is 704. The first-order chi connectivity index (χ1) is 9.92. The molecule has 0 heterocycles. The molecule has 2 aromatic rings. The molecule has 2 aromatic carbocycles. The summed E-state index contributed by atoms with van der Waals surface area (Å²) in [6.07, 6.45) is 0. The molecule has 0 unspecified atom stereocenters. The number of amides is 1. The second kappa shape index (κ2) is 6.37. The molecule has 1 amide bonds. The molecule has 0 radical (unpaired) electrons. The van der Waals surface area contributed by atoms with E-state index in [1.165, 1.54) is 7.11 Å². The van der Waals surface area contributed by atoms with Crippen molar-refractivity contribution in [2.24, 2.45) is 0 Å². The first kappa shape index (κ1) is 15.7. The summed E-state index contributed by atoms with van der Waals surface area (Å²) in [5, 5.41) is 3.26. The van der Waals surface area contributed by atoms with E-state index in [-0.39, 0.29) is 5.91 Å². The van der Waals surface area contributed by atoms with Crippen molar-refractivity contribution >= 4 is 44.8 Å². The van der Waals surface area contributed by atoms with Crippen LogP contribution in [0.2, 0.25) is 5.02 Å². The fourth-order valence-electron chi connectivity index (χ4n) is 1.84. The monoisotopic (exact) mass is 368 g/mol. The fraction of sp³-hybridized carbons (Fsp3) is 0.133. The third-order valence-corrected chi connectivity index (χ3v) is 3.81. The molecule has 2 rings (SSSR count). The highest BCUT2D eigenvalue weighted by Gasteiger charge is 2.14. The van der Waals surface area contributed by atoms with Crippen LogP contribution in [0, 0.1) is 6.92 Å². The minimum absolute atomic E-state index is 0.283. The van der Waals surface area contributed by atoms with Crippen LogP contribution >= 0.6 is 27.5 Å². The average Bonchev–Trinajstić information content (AvgIpc) is 2.41. The van der Waals surface area contributed by atoms with E-state index in [9.17, 15) is 4.79 Å². The number of benzene rings is 2. The van der Waals surface area contributed by atoms with Gasteiger partial charge in [0, 0.05) is 16.3 Å². The lowest BCUT2D eigenvalue weighted by molar-refractivity contribution is 0.102. The van der Waals surface area contributed by atoms with Gasteiger partial charge in [-0.15, -0.1) is 0 Å². The Morgan fingerprint density at radius 2 is 2.05 bits per heavy atom. The Balaban J connectivity index is 2.33. The zero-order chi connectivity index (χ0) is 15.6. The van der Waals surface area contributed by atoms with Crippen LogP contribution in [0.3, 0.4) is 0 Å². The average molecular weight is 370 g/mol. The number of ether oxygens (including phenoxy) is 1. The molecule has 0 atom stereocenters. The van der Waals surface area contributed by atoms with E-state index in [2.05, 4.69) is 21.2 Å². The van der Waals surface area contributed by atoms with Gasteiger partial charge in [0.1, 0.15) is 0 Å². The summed E-state index contributed by atoms with van der Waals surface area (Å²) in [5.41, 5.74) is 8.28. The van der Waals surface area contributed by atoms with Crippen LogP contribution in [0.4, 0.5) is 11.4 Å². The summed E-state index contributed by atoms with van der Waals surface area (Å²) < 4.78 is 5.93. The lowest BCUT2D eigenvalue weighted by Gasteiger charge is -2.13. The van der Waals surface area contributed by atoms with E-state index < -0.39 is 0 Å². The Hall–Kier alpha value is -1.72. The van der Waals surface area contributed by atoms with Crippen LogP contribution in [0.25, 0.3) is 0 Å². The van der Waals surface area contributed by atoms with E-state index in [0.29, 0.717) is 32.2 Å². The van der Waals surface area contributed by atoms with Crippen LogP contribution in [-0.2, 0) is 0 Å². The Labute approximate surface area is 136 Å². The molecule has 0 aromatic heterocycles. The van der Waals surface area contributed by atoms with Gasteiger partial charge in [-0.1, -0.05) is 17.7 Å². The van der Waals surface area contributed by atoms with Crippen LogP contribution in [0.15, 0.2) is 34.8 Å². The molecule has 0 fully saturated rings. The number of nitrogens with one attached hydrogen (secondary N) is 1. The number of carbonyl (C=O) groups excluding carboxylic acids is 1. The number of aryl methyl sites for hydroxylation is 1. The predicted molar refractivity (Wildman–Crippen MR) is 89.2 cm³/mol. The molecule has 3 N–H and O–H groups in total. The topological polar surface area (TPSA) is 64.3 Å². The molecule has 0 spiro atoms. The van der Waals surface area contributed by atoms with Gasteiger partial charge >= 0.3 is 0 Å². The molecule has 0 saturated heterocycles. The fourth-order valence-corrected chi connectivity index (χ4v) is 2.81. The molecule has 0 aliphatic carbocycles. The number of hydrogen-bond acceptors (Lipinski definition) is 3. The number of anilines is 2. The van der Waals surface area contributed by atoms with Gasteiger partial charge in [-0.05, 0) is 52.7 Å². The molecule has 6 heteroatoms. The van der Waals surface area contributed by atoms with Crippen molar-refractivity contribution < 1.29 is 9.53 Å². The number of hydrogen-bond donors (Lipinski definition) is 2. The summed E-state index contributed by atoms with van der Waals surface area (Å²) in [6, 6.07) is 8.47. The van der Waals surface area contributed by atoms with Gasteiger partial charge in [-0.3, -0.25) is 4.79 Å². The lowest BCUT2D eigenvalue weighted by atomic mass is 10.1. The second-order valence-electron chi connectivity index (χ2n) is 4.49. The Kier molecular flexibility index (Phi) is 4.75. The van der Waals surface area contributed by atoms with Gasteiger partial charge in [0.05, 0.1) is 17.3 Å². The Morgan fingerprint density at radius 1 is 1.33 bits per heavy atom. The summed E-state index contributed by atoms with van der Waals surface area (Å²) in [4.78, 5) is 12.3. The molecular formula is C15H14BrClN2O2. The number of rotatable bonds is 3. The number of nitrogens with two attached hydrogens (primary N) is 1. The first-order valence-electron chi connectivity index (χ1n) is 6.13. The molecule has 0 bridgehead atoms. The number of carbonyl (C=O) groups is 1. The van der Waals surface area contributed by atoms with Crippen LogP contribution < -0.4 is 15.8 Å². The maximum Gasteiger partial charge on any atom is 0.255 e. The van der Waals surface area contributed by atoms with Crippen molar-refractivity contribution in [2.75, 3.05) is 18.2 Å². The summed E-state index contributed by atoms with van der Waals surface area (Å²) in [7, 11) is 1.52. The van der Waals surface area contributed by atoms with Crippen molar-refractivity contribution in [3.05, 3.63) is 51.0 Å². The van der Waals surface area contributed by atoms with E-state index in [1.54, 1.807) is 30.3 Å². The molecule has 0 aliphatic heterocycles. The van der Waals surface area contributed by atoms with Crippen molar-refractivity contribution in [3.8, 4) is 5.75 Å². The zero-order valence-corrected chi connectivity index (χ0v) is 13.9. The van der Waals surface area contributed by atoms with Crippen molar-refractivity contribution in [1.82, 2.24) is 0 Å². The second-order valence-corrected chi connectivity index (χ2v) is 5.78. The van der Waals surface area contributed by atoms with Crippen molar-refractivity contribution in [1.29, 1.82) is 0 Å². The van der Waals surface area contributed by atoms with Gasteiger partial charge in [0.25, 0.3) is 5.91 Å². The third kappa shape index (κ3) is 3.49. The molecule has 110 valence electrons. The van der Waals surface area contributed by atoms with E-state index in [0.717, 1.165) is 5.56 Å². The number of halogens is 2. The quantitative estimate of drug-likeness (QED) is 0.795. The van der Waals surface area contributed by atoms with Gasteiger partial charge < -0.3 is 15.8 Å². The van der Waals surface area contributed by atoms with Crippen LogP contribution in [0.5, 0.6) is 5.75 Å². The SMILES string of the molecule is COc1c(Br)cc(Cl)cc1NC(=O)c1ccc(C)c(N)c1. The van der Waals surface area contributed by atoms with Crippen molar-refractivity contribution in [3.63, 3.8) is 0 Å². The highest BCUT2D eigenvalue weighted by molar-refractivity contribution is 9.10. The third-order valence-electron chi connectivity index (χ3n) is 3.00. The van der Waals surface area contributed by atoms with Crippen molar-refractivity contribution in [2.45, 2.75) is 6.92 Å². The molecular weight excluding hydrogens is 356 g/mol. The highest BCUT2D eigenvalue weighted by atomic mass is 79.9. The standard InChI is InChI=1S/C15H14BrClN2O2/c1-8-3-4-9(5-12(8)18)15(20)19-13-7-10(17)6-11(16)14(13)21-2/h3-7H,18H2,1-2H3,(H,19,20). The normalized spacial score (nSPS) is 10.3. The lowest BCUT2D eigenvalue weighted by Crippen LogP contribution is -2.13. The van der Waals surface area contributed by atoms with E-state index in [4.69, 9.17) is 22.1 Å². The van der Waals surface area contributed by atoms with Gasteiger partial charge in [-0.25, -0.2) is 0 Å².